The van der Waals surface area contributed by atoms with Gasteiger partial charge in [0.25, 0.3) is 0 Å². The zero-order chi connectivity index (χ0) is 25.3. The van der Waals surface area contributed by atoms with Crippen LogP contribution < -0.4 is 9.47 Å². The molecule has 0 aromatic heterocycles. The van der Waals surface area contributed by atoms with Gasteiger partial charge in [-0.25, -0.2) is 0 Å². The molecule has 0 radical (unpaired) electrons. The summed E-state index contributed by atoms with van der Waals surface area (Å²) < 4.78 is 11.3. The van der Waals surface area contributed by atoms with Crippen LogP contribution in [0, 0.1) is 23.7 Å². The molecule has 4 heteroatoms. The summed E-state index contributed by atoms with van der Waals surface area (Å²) in [7, 11) is 0. The molecule has 2 aromatic rings. The maximum absolute atomic E-state index is 12.6. The van der Waals surface area contributed by atoms with Gasteiger partial charge in [-0.3, -0.25) is 9.59 Å². The van der Waals surface area contributed by atoms with Crippen molar-refractivity contribution in [2.45, 2.75) is 90.9 Å². The molecular formula is C32H42O4. The Morgan fingerprint density at radius 2 is 1.08 bits per heavy atom. The smallest absolute Gasteiger partial charge is 0.314 e. The number of rotatable bonds is 9. The fourth-order valence-electron chi connectivity index (χ4n) is 5.73. The van der Waals surface area contributed by atoms with Crippen molar-refractivity contribution in [2.75, 3.05) is 0 Å². The van der Waals surface area contributed by atoms with E-state index in [0.717, 1.165) is 76.0 Å². The number of benzene rings is 2. The average molecular weight is 491 g/mol. The van der Waals surface area contributed by atoms with Gasteiger partial charge in [0, 0.05) is 0 Å². The normalized spacial score (nSPS) is 24.2. The van der Waals surface area contributed by atoms with Gasteiger partial charge >= 0.3 is 11.9 Å². The highest BCUT2D eigenvalue weighted by Crippen LogP contribution is 2.33. The third-order valence-electron chi connectivity index (χ3n) is 8.21. The van der Waals surface area contributed by atoms with Crippen molar-refractivity contribution in [1.82, 2.24) is 0 Å². The lowest BCUT2D eigenvalue weighted by atomic mass is 9.80. The van der Waals surface area contributed by atoms with E-state index in [1.807, 2.05) is 48.5 Å². The number of carbonyl (C=O) groups is 2. The first-order valence-electron chi connectivity index (χ1n) is 14.1. The Bertz CT molecular complexity index is 962. The molecule has 0 bridgehead atoms. The van der Waals surface area contributed by atoms with Gasteiger partial charge in [-0.05, 0) is 111 Å². The lowest BCUT2D eigenvalue weighted by Gasteiger charge is -2.26. The highest BCUT2D eigenvalue weighted by molar-refractivity contribution is 5.75. The van der Waals surface area contributed by atoms with Crippen LogP contribution in [0.5, 0.6) is 11.5 Å². The molecule has 0 spiro atoms. The van der Waals surface area contributed by atoms with Gasteiger partial charge in [-0.15, -0.1) is 0 Å². The first kappa shape index (κ1) is 26.4. The summed E-state index contributed by atoms with van der Waals surface area (Å²) in [6.45, 7) is 4.49. The van der Waals surface area contributed by atoms with Crippen LogP contribution in [0.15, 0.2) is 48.5 Å². The molecule has 2 fully saturated rings. The lowest BCUT2D eigenvalue weighted by molar-refractivity contribution is -0.141. The molecule has 2 aromatic carbocycles. The third-order valence-corrected chi connectivity index (χ3v) is 8.21. The standard InChI is InChI=1S/C32H42O4/c1-3-4-24-9-17-28(18-10-24)32(34)36-30-21-13-26(14-22-30)8-7-25-11-19-29(20-12-25)35-31(33)27-15-5-23(2)6-16-27/h11-14,19-24,27-28H,3-10,15-18H2,1-2H3. The monoisotopic (exact) mass is 490 g/mol. The molecule has 4 rings (SSSR count). The molecule has 2 aliphatic rings. The molecule has 0 saturated heterocycles. The zero-order valence-electron chi connectivity index (χ0n) is 22.0. The molecule has 0 aliphatic heterocycles. The summed E-state index contributed by atoms with van der Waals surface area (Å²) >= 11 is 0. The van der Waals surface area contributed by atoms with Crippen molar-refractivity contribution >= 4 is 11.9 Å². The van der Waals surface area contributed by atoms with E-state index in [1.165, 1.54) is 24.0 Å². The van der Waals surface area contributed by atoms with E-state index < -0.39 is 0 Å². The Labute approximate surface area is 216 Å². The number of esters is 2. The van der Waals surface area contributed by atoms with Crippen molar-refractivity contribution in [3.63, 3.8) is 0 Å². The second kappa shape index (κ2) is 13.1. The molecule has 0 N–H and O–H groups in total. The van der Waals surface area contributed by atoms with Crippen LogP contribution in [0.1, 0.15) is 89.2 Å². The second-order valence-electron chi connectivity index (χ2n) is 11.1. The Balaban J connectivity index is 1.19. The molecule has 36 heavy (non-hydrogen) atoms. The van der Waals surface area contributed by atoms with E-state index in [1.54, 1.807) is 0 Å². The summed E-state index contributed by atoms with van der Waals surface area (Å²) in [5.41, 5.74) is 2.41. The fraction of sp³-hybridized carbons (Fsp3) is 0.562. The van der Waals surface area contributed by atoms with Gasteiger partial charge in [0.05, 0.1) is 11.8 Å². The third kappa shape index (κ3) is 7.69. The predicted octanol–water partition coefficient (Wildman–Crippen LogP) is 7.72. The minimum absolute atomic E-state index is 0.0453. The lowest BCUT2D eigenvalue weighted by Crippen LogP contribution is -2.25. The second-order valence-corrected chi connectivity index (χ2v) is 11.1. The number of hydrogen-bond acceptors (Lipinski definition) is 4. The van der Waals surface area contributed by atoms with Crippen molar-refractivity contribution < 1.29 is 19.1 Å². The summed E-state index contributed by atoms with van der Waals surface area (Å²) in [5.74, 6) is 2.71. The fourth-order valence-corrected chi connectivity index (χ4v) is 5.73. The average Bonchev–Trinajstić information content (AvgIpc) is 2.90. The number of hydrogen-bond donors (Lipinski definition) is 0. The summed E-state index contributed by atoms with van der Waals surface area (Å²) in [5, 5.41) is 0. The molecule has 0 unspecified atom stereocenters. The van der Waals surface area contributed by atoms with Crippen molar-refractivity contribution in [3.05, 3.63) is 59.7 Å². The number of aryl methyl sites for hydroxylation is 2. The van der Waals surface area contributed by atoms with Gasteiger partial charge in [0.15, 0.2) is 0 Å². The molecule has 4 nitrogen and oxygen atoms in total. The first-order valence-corrected chi connectivity index (χ1v) is 14.1. The quantitative estimate of drug-likeness (QED) is 0.267. The molecular weight excluding hydrogens is 448 g/mol. The Kier molecular flexibility index (Phi) is 9.60. The van der Waals surface area contributed by atoms with Gasteiger partial charge < -0.3 is 9.47 Å². The minimum atomic E-state index is -0.0837. The van der Waals surface area contributed by atoms with Crippen LogP contribution in [0.3, 0.4) is 0 Å². The Hall–Kier alpha value is -2.62. The van der Waals surface area contributed by atoms with E-state index in [0.29, 0.717) is 11.5 Å². The van der Waals surface area contributed by atoms with Crippen molar-refractivity contribution in [1.29, 1.82) is 0 Å². The SMILES string of the molecule is CCCC1CCC(C(=O)Oc2ccc(CCc3ccc(OC(=O)C4CCC(C)CC4)cc3)cc2)CC1. The maximum atomic E-state index is 12.6. The molecule has 0 amide bonds. The van der Waals surface area contributed by atoms with Gasteiger partial charge in [0.2, 0.25) is 0 Å². The van der Waals surface area contributed by atoms with E-state index in [-0.39, 0.29) is 23.8 Å². The first-order chi connectivity index (χ1) is 17.5. The van der Waals surface area contributed by atoms with Gasteiger partial charge in [-0.1, -0.05) is 51.0 Å². The van der Waals surface area contributed by atoms with E-state index >= 15 is 0 Å². The van der Waals surface area contributed by atoms with Crippen molar-refractivity contribution in [3.8, 4) is 11.5 Å². The van der Waals surface area contributed by atoms with E-state index in [2.05, 4.69) is 13.8 Å². The summed E-state index contributed by atoms with van der Waals surface area (Å²) in [4.78, 5) is 25.0. The van der Waals surface area contributed by atoms with Gasteiger partial charge in [0.1, 0.15) is 11.5 Å². The maximum Gasteiger partial charge on any atom is 0.314 e. The molecule has 2 aliphatic carbocycles. The molecule has 194 valence electrons. The zero-order valence-corrected chi connectivity index (χ0v) is 22.0. The molecule has 0 heterocycles. The van der Waals surface area contributed by atoms with Gasteiger partial charge in [-0.2, -0.15) is 0 Å². The highest BCUT2D eigenvalue weighted by atomic mass is 16.5. The summed E-state index contributed by atoms with van der Waals surface area (Å²) in [6, 6.07) is 15.8. The molecule has 0 atom stereocenters. The van der Waals surface area contributed by atoms with Crippen LogP contribution in [-0.4, -0.2) is 11.9 Å². The van der Waals surface area contributed by atoms with Crippen LogP contribution in [-0.2, 0) is 22.4 Å². The number of ether oxygens (including phenoxy) is 2. The summed E-state index contributed by atoms with van der Waals surface area (Å²) in [6.07, 6.45) is 12.6. The highest BCUT2D eigenvalue weighted by Gasteiger charge is 2.27. The Morgan fingerprint density at radius 1 is 0.667 bits per heavy atom. The minimum Gasteiger partial charge on any atom is -0.426 e. The van der Waals surface area contributed by atoms with Crippen LogP contribution in [0.4, 0.5) is 0 Å². The largest absolute Gasteiger partial charge is 0.426 e. The van der Waals surface area contributed by atoms with E-state index in [9.17, 15) is 9.59 Å². The molecule has 2 saturated carbocycles. The Morgan fingerprint density at radius 3 is 1.50 bits per heavy atom. The number of carbonyl (C=O) groups excluding carboxylic acids is 2. The van der Waals surface area contributed by atoms with Crippen molar-refractivity contribution in [2.24, 2.45) is 23.7 Å². The van der Waals surface area contributed by atoms with Crippen LogP contribution in [0.2, 0.25) is 0 Å². The topological polar surface area (TPSA) is 52.6 Å². The van der Waals surface area contributed by atoms with Crippen LogP contribution >= 0.6 is 0 Å². The van der Waals surface area contributed by atoms with Crippen LogP contribution in [0.25, 0.3) is 0 Å². The predicted molar refractivity (Wildman–Crippen MR) is 143 cm³/mol. The van der Waals surface area contributed by atoms with E-state index in [4.69, 9.17) is 9.47 Å².